The van der Waals surface area contributed by atoms with Crippen LogP contribution >= 0.6 is 0 Å². The van der Waals surface area contributed by atoms with Crippen molar-refractivity contribution in [3.05, 3.63) is 29.8 Å². The number of guanidine groups is 1. The maximum atomic E-state index is 11.0. The third-order valence-corrected chi connectivity index (χ3v) is 4.80. The summed E-state index contributed by atoms with van der Waals surface area (Å²) in [6, 6.07) is 8.14. The first kappa shape index (κ1) is 18.5. The van der Waals surface area contributed by atoms with Crippen LogP contribution in [-0.4, -0.2) is 58.3 Å². The lowest BCUT2D eigenvalue weighted by Crippen LogP contribution is -2.40. The Balaban J connectivity index is 2.00. The van der Waals surface area contributed by atoms with Crippen molar-refractivity contribution in [1.82, 2.24) is 10.2 Å². The van der Waals surface area contributed by atoms with E-state index in [2.05, 4.69) is 27.3 Å². The summed E-state index contributed by atoms with van der Waals surface area (Å²) >= 11 is 0. The Hall–Kier alpha value is -1.80. The van der Waals surface area contributed by atoms with Crippen LogP contribution in [0.2, 0.25) is 0 Å². The van der Waals surface area contributed by atoms with Crippen molar-refractivity contribution in [1.29, 1.82) is 0 Å². The Bertz CT molecular complexity index is 658. The van der Waals surface area contributed by atoms with Crippen molar-refractivity contribution in [2.75, 3.05) is 39.0 Å². The number of benzene rings is 1. The van der Waals surface area contributed by atoms with E-state index in [0.717, 1.165) is 37.8 Å². The van der Waals surface area contributed by atoms with E-state index in [-0.39, 0.29) is 12.3 Å². The van der Waals surface area contributed by atoms with Gasteiger partial charge in [-0.05, 0) is 31.0 Å². The lowest BCUT2D eigenvalue weighted by atomic mass is 9.98. The highest BCUT2D eigenvalue weighted by atomic mass is 32.2. The van der Waals surface area contributed by atoms with E-state index in [9.17, 15) is 8.42 Å². The Labute approximate surface area is 143 Å². The zero-order valence-electron chi connectivity index (χ0n) is 14.2. The molecule has 8 heteroatoms. The van der Waals surface area contributed by atoms with Crippen molar-refractivity contribution in [2.45, 2.75) is 19.3 Å². The molecule has 0 aliphatic carbocycles. The molecule has 1 saturated heterocycles. The first-order chi connectivity index (χ1) is 11.4. The number of hydrogen-bond acceptors (Lipinski definition) is 4. The van der Waals surface area contributed by atoms with Crippen molar-refractivity contribution in [3.63, 3.8) is 0 Å². The van der Waals surface area contributed by atoms with Gasteiger partial charge in [-0.15, -0.1) is 0 Å². The minimum Gasteiger partial charge on any atom is -0.497 e. The Morgan fingerprint density at radius 1 is 1.42 bits per heavy atom. The number of likely N-dealkylation sites (tertiary alicyclic amines) is 1. The SMILES string of the molecule is CCNC(=NCCS(N)(=O)=O)N1CCC(c2ccc(OC)cc2)C1. The van der Waals surface area contributed by atoms with Gasteiger partial charge < -0.3 is 15.0 Å². The highest BCUT2D eigenvalue weighted by Gasteiger charge is 2.26. The van der Waals surface area contributed by atoms with Crippen LogP contribution in [0.4, 0.5) is 0 Å². The van der Waals surface area contributed by atoms with E-state index in [4.69, 9.17) is 9.88 Å². The molecule has 0 amide bonds. The number of nitrogens with one attached hydrogen (secondary N) is 1. The fourth-order valence-electron chi connectivity index (χ4n) is 2.81. The van der Waals surface area contributed by atoms with Crippen LogP contribution in [0.25, 0.3) is 0 Å². The first-order valence-electron chi connectivity index (χ1n) is 8.10. The molecule has 1 aliphatic rings. The fraction of sp³-hybridized carbons (Fsp3) is 0.562. The van der Waals surface area contributed by atoms with Crippen LogP contribution in [-0.2, 0) is 10.0 Å². The quantitative estimate of drug-likeness (QED) is 0.580. The summed E-state index contributed by atoms with van der Waals surface area (Å²) in [5.74, 6) is 1.89. The third kappa shape index (κ3) is 5.38. The molecule has 0 radical (unpaired) electrons. The molecule has 1 heterocycles. The van der Waals surface area contributed by atoms with Gasteiger partial charge in [-0.1, -0.05) is 12.1 Å². The minimum atomic E-state index is -3.48. The normalized spacial score (nSPS) is 18.7. The van der Waals surface area contributed by atoms with Crippen LogP contribution in [0.15, 0.2) is 29.3 Å². The summed E-state index contributed by atoms with van der Waals surface area (Å²) in [5.41, 5.74) is 1.28. The summed E-state index contributed by atoms with van der Waals surface area (Å²) in [7, 11) is -1.82. The Kier molecular flexibility index (Phi) is 6.44. The van der Waals surface area contributed by atoms with Gasteiger partial charge >= 0.3 is 0 Å². The number of ether oxygens (including phenoxy) is 1. The molecule has 1 aromatic rings. The second-order valence-corrected chi connectivity index (χ2v) is 7.54. The molecule has 134 valence electrons. The monoisotopic (exact) mass is 354 g/mol. The average molecular weight is 354 g/mol. The van der Waals surface area contributed by atoms with Crippen molar-refractivity contribution < 1.29 is 13.2 Å². The highest BCUT2D eigenvalue weighted by Crippen LogP contribution is 2.28. The number of sulfonamides is 1. The summed E-state index contributed by atoms with van der Waals surface area (Å²) in [6.07, 6.45) is 1.03. The molecule has 0 saturated carbocycles. The van der Waals surface area contributed by atoms with E-state index < -0.39 is 10.0 Å². The molecule has 0 aromatic heterocycles. The van der Waals surface area contributed by atoms with E-state index >= 15 is 0 Å². The predicted molar refractivity (Wildman–Crippen MR) is 95.9 cm³/mol. The zero-order chi connectivity index (χ0) is 17.6. The second-order valence-electron chi connectivity index (χ2n) is 5.81. The van der Waals surface area contributed by atoms with Crippen LogP contribution in [0, 0.1) is 0 Å². The van der Waals surface area contributed by atoms with Gasteiger partial charge in [0, 0.05) is 25.6 Å². The molecule has 3 N–H and O–H groups in total. The molecule has 0 spiro atoms. The lowest BCUT2D eigenvalue weighted by molar-refractivity contribution is 0.414. The van der Waals surface area contributed by atoms with Gasteiger partial charge in [-0.2, -0.15) is 0 Å². The maximum Gasteiger partial charge on any atom is 0.210 e. The van der Waals surface area contributed by atoms with Gasteiger partial charge in [0.1, 0.15) is 5.75 Å². The number of aliphatic imine (C=N–C) groups is 1. The van der Waals surface area contributed by atoms with Gasteiger partial charge in [0.2, 0.25) is 10.0 Å². The molecule has 1 fully saturated rings. The summed E-state index contributed by atoms with van der Waals surface area (Å²) in [4.78, 5) is 6.56. The summed E-state index contributed by atoms with van der Waals surface area (Å²) in [6.45, 7) is 4.64. The van der Waals surface area contributed by atoms with Crippen LogP contribution < -0.4 is 15.2 Å². The number of rotatable bonds is 6. The number of methoxy groups -OCH3 is 1. The molecule has 24 heavy (non-hydrogen) atoms. The smallest absolute Gasteiger partial charge is 0.210 e. The molecule has 2 rings (SSSR count). The number of hydrogen-bond donors (Lipinski definition) is 2. The molecule has 1 aromatic carbocycles. The molecule has 1 unspecified atom stereocenters. The standard InChI is InChI=1S/C16H26N4O3S/c1-3-18-16(19-9-11-24(17,21)22)20-10-8-14(12-20)13-4-6-15(23-2)7-5-13/h4-7,14H,3,8-12H2,1-2H3,(H,18,19)(H2,17,21,22). The van der Waals surface area contributed by atoms with Gasteiger partial charge in [-0.3, -0.25) is 4.99 Å². The van der Waals surface area contributed by atoms with E-state index in [1.807, 2.05) is 19.1 Å². The number of nitrogens with zero attached hydrogens (tertiary/aromatic N) is 2. The maximum absolute atomic E-state index is 11.0. The minimum absolute atomic E-state index is 0.141. The van der Waals surface area contributed by atoms with Crippen LogP contribution in [0.3, 0.4) is 0 Å². The second kappa shape index (κ2) is 8.34. The van der Waals surface area contributed by atoms with Crippen molar-refractivity contribution >= 4 is 16.0 Å². The fourth-order valence-corrected chi connectivity index (χ4v) is 3.15. The molecule has 1 aliphatic heterocycles. The average Bonchev–Trinajstić information content (AvgIpc) is 3.03. The summed E-state index contributed by atoms with van der Waals surface area (Å²) < 4.78 is 27.3. The van der Waals surface area contributed by atoms with Gasteiger partial charge in [0.05, 0.1) is 19.4 Å². The molecule has 7 nitrogen and oxygen atoms in total. The van der Waals surface area contributed by atoms with Gasteiger partial charge in [0.25, 0.3) is 0 Å². The molecule has 0 bridgehead atoms. The predicted octanol–water partition coefficient (Wildman–Crippen LogP) is 0.739. The third-order valence-electron chi connectivity index (χ3n) is 4.05. The first-order valence-corrected chi connectivity index (χ1v) is 9.82. The van der Waals surface area contributed by atoms with Crippen LogP contribution in [0.5, 0.6) is 5.75 Å². The Morgan fingerprint density at radius 3 is 2.71 bits per heavy atom. The van der Waals surface area contributed by atoms with Gasteiger partial charge in [-0.25, -0.2) is 13.6 Å². The molecule has 1 atom stereocenters. The van der Waals surface area contributed by atoms with Gasteiger partial charge in [0.15, 0.2) is 5.96 Å². The molecular formula is C16H26N4O3S. The number of nitrogens with two attached hydrogens (primary N) is 1. The van der Waals surface area contributed by atoms with E-state index in [1.165, 1.54) is 5.56 Å². The number of primary sulfonamides is 1. The van der Waals surface area contributed by atoms with Crippen LogP contribution in [0.1, 0.15) is 24.8 Å². The molecular weight excluding hydrogens is 328 g/mol. The largest absolute Gasteiger partial charge is 0.497 e. The summed E-state index contributed by atoms with van der Waals surface area (Å²) in [5, 5.41) is 8.25. The zero-order valence-corrected chi connectivity index (χ0v) is 15.1. The lowest BCUT2D eigenvalue weighted by Gasteiger charge is -2.21. The topological polar surface area (TPSA) is 97.0 Å². The van der Waals surface area contributed by atoms with E-state index in [1.54, 1.807) is 7.11 Å². The van der Waals surface area contributed by atoms with Crippen molar-refractivity contribution in [3.8, 4) is 5.75 Å². The van der Waals surface area contributed by atoms with Crippen molar-refractivity contribution in [2.24, 2.45) is 10.1 Å². The Morgan fingerprint density at radius 2 is 2.12 bits per heavy atom. The van der Waals surface area contributed by atoms with E-state index in [0.29, 0.717) is 5.92 Å². The highest BCUT2D eigenvalue weighted by molar-refractivity contribution is 7.89.